The predicted octanol–water partition coefficient (Wildman–Crippen LogP) is 2.22. The van der Waals surface area contributed by atoms with E-state index in [4.69, 9.17) is 4.74 Å². The average Bonchev–Trinajstić information content (AvgIpc) is 2.92. The Morgan fingerprint density at radius 1 is 1.36 bits per heavy atom. The first kappa shape index (κ1) is 14.3. The van der Waals surface area contributed by atoms with E-state index in [9.17, 15) is 9.59 Å². The van der Waals surface area contributed by atoms with E-state index in [0.717, 1.165) is 29.7 Å². The maximum Gasteiger partial charge on any atom is 0.338 e. The third-order valence-corrected chi connectivity index (χ3v) is 3.78. The van der Waals surface area contributed by atoms with Gasteiger partial charge in [0.05, 0.1) is 29.9 Å². The number of nitrogens with one attached hydrogen (secondary N) is 1. The summed E-state index contributed by atoms with van der Waals surface area (Å²) in [6.07, 6.45) is 3.31. The van der Waals surface area contributed by atoms with E-state index in [0.29, 0.717) is 16.6 Å². The Bertz CT molecular complexity index is 937. The highest BCUT2D eigenvalue weighted by atomic mass is 16.5. The van der Waals surface area contributed by atoms with Crippen LogP contribution in [0.15, 0.2) is 23.1 Å². The van der Waals surface area contributed by atoms with Gasteiger partial charge in [0, 0.05) is 6.42 Å². The van der Waals surface area contributed by atoms with Crippen molar-refractivity contribution in [2.75, 3.05) is 7.11 Å². The second-order valence-corrected chi connectivity index (χ2v) is 5.28. The Kier molecular flexibility index (Phi) is 3.44. The molecule has 0 aliphatic rings. The summed E-state index contributed by atoms with van der Waals surface area (Å²) in [7, 11) is 1.34. The molecule has 0 fully saturated rings. The molecule has 3 aromatic rings. The number of nitrogens with zero attached hydrogens (tertiary/aromatic N) is 2. The number of hydrogen-bond acceptors (Lipinski definition) is 4. The highest BCUT2D eigenvalue weighted by Gasteiger charge is 2.15. The molecule has 1 aromatic carbocycles. The number of rotatable bonds is 3. The number of aromatic nitrogens is 3. The van der Waals surface area contributed by atoms with Crippen LogP contribution in [0.1, 0.15) is 35.1 Å². The molecule has 1 N–H and O–H groups in total. The van der Waals surface area contributed by atoms with Gasteiger partial charge in [-0.3, -0.25) is 9.20 Å². The molecule has 0 radical (unpaired) electrons. The number of carbonyl (C=O) groups excluding carboxylic acids is 1. The predicted molar refractivity (Wildman–Crippen MR) is 83.4 cm³/mol. The van der Waals surface area contributed by atoms with Crippen LogP contribution in [0.3, 0.4) is 0 Å². The standard InChI is InChI=1S/C16H17N3O3/c1-4-5-14-17-8-13-15(20)18-11-7-10(16(21)22-3)9(2)6-12(11)19(13)14/h6-8H,4-5H2,1-3H3,(H,18,20). The van der Waals surface area contributed by atoms with Crippen molar-refractivity contribution in [1.82, 2.24) is 14.4 Å². The molecule has 0 saturated carbocycles. The van der Waals surface area contributed by atoms with Crippen molar-refractivity contribution < 1.29 is 9.53 Å². The van der Waals surface area contributed by atoms with Crippen LogP contribution in [-0.2, 0) is 11.2 Å². The van der Waals surface area contributed by atoms with E-state index in [2.05, 4.69) is 16.9 Å². The molecule has 2 heterocycles. The number of hydrogen-bond donors (Lipinski definition) is 1. The van der Waals surface area contributed by atoms with E-state index in [-0.39, 0.29) is 5.56 Å². The monoisotopic (exact) mass is 299 g/mol. The molecule has 0 saturated heterocycles. The second kappa shape index (κ2) is 5.29. The van der Waals surface area contributed by atoms with E-state index >= 15 is 0 Å². The van der Waals surface area contributed by atoms with E-state index < -0.39 is 5.97 Å². The zero-order chi connectivity index (χ0) is 15.9. The van der Waals surface area contributed by atoms with Crippen molar-refractivity contribution in [2.45, 2.75) is 26.7 Å². The smallest absolute Gasteiger partial charge is 0.338 e. The Morgan fingerprint density at radius 3 is 2.82 bits per heavy atom. The Morgan fingerprint density at radius 2 is 2.14 bits per heavy atom. The zero-order valence-corrected chi connectivity index (χ0v) is 12.8. The number of fused-ring (bicyclic) bond motifs is 3. The van der Waals surface area contributed by atoms with Crippen LogP contribution in [0.5, 0.6) is 0 Å². The number of ether oxygens (including phenoxy) is 1. The molecule has 0 aliphatic heterocycles. The number of carbonyl (C=O) groups is 1. The summed E-state index contributed by atoms with van der Waals surface area (Å²) in [6, 6.07) is 3.54. The Balaban J connectivity index is 2.41. The third-order valence-electron chi connectivity index (χ3n) is 3.78. The number of esters is 1. The number of aryl methyl sites for hydroxylation is 2. The van der Waals surface area contributed by atoms with Gasteiger partial charge < -0.3 is 9.72 Å². The highest BCUT2D eigenvalue weighted by Crippen LogP contribution is 2.20. The second-order valence-electron chi connectivity index (χ2n) is 5.28. The SMILES string of the molecule is CCCc1ncc2c(=O)[nH]c3cc(C(=O)OC)c(C)cc3n12. The molecule has 0 spiro atoms. The molecule has 0 amide bonds. The molecule has 0 unspecified atom stereocenters. The minimum absolute atomic E-state index is 0.220. The van der Waals surface area contributed by atoms with Crippen molar-refractivity contribution in [3.8, 4) is 0 Å². The van der Waals surface area contributed by atoms with Crippen LogP contribution in [0.2, 0.25) is 0 Å². The Labute approximate surface area is 126 Å². The van der Waals surface area contributed by atoms with Crippen molar-refractivity contribution in [3.05, 3.63) is 45.6 Å². The van der Waals surface area contributed by atoms with Crippen molar-refractivity contribution in [2.24, 2.45) is 0 Å². The molecule has 114 valence electrons. The minimum atomic E-state index is -0.417. The first-order valence-electron chi connectivity index (χ1n) is 7.18. The molecule has 6 heteroatoms. The van der Waals surface area contributed by atoms with Crippen LogP contribution >= 0.6 is 0 Å². The Hall–Kier alpha value is -2.63. The topological polar surface area (TPSA) is 76.5 Å². The quantitative estimate of drug-likeness (QED) is 0.752. The largest absolute Gasteiger partial charge is 0.465 e. The summed E-state index contributed by atoms with van der Waals surface area (Å²) in [6.45, 7) is 3.91. The van der Waals surface area contributed by atoms with Gasteiger partial charge in [-0.1, -0.05) is 6.92 Å². The van der Waals surface area contributed by atoms with E-state index in [1.807, 2.05) is 17.4 Å². The van der Waals surface area contributed by atoms with Gasteiger partial charge in [0.15, 0.2) is 0 Å². The van der Waals surface area contributed by atoms with Gasteiger partial charge in [0.25, 0.3) is 5.56 Å². The average molecular weight is 299 g/mol. The lowest BCUT2D eigenvalue weighted by atomic mass is 10.1. The van der Waals surface area contributed by atoms with Crippen molar-refractivity contribution in [3.63, 3.8) is 0 Å². The number of aromatic amines is 1. The maximum absolute atomic E-state index is 12.2. The molecule has 6 nitrogen and oxygen atoms in total. The molecule has 0 atom stereocenters. The molecule has 0 bridgehead atoms. The number of methoxy groups -OCH3 is 1. The van der Waals surface area contributed by atoms with Crippen molar-refractivity contribution in [1.29, 1.82) is 0 Å². The number of benzene rings is 1. The third kappa shape index (κ3) is 2.07. The van der Waals surface area contributed by atoms with Gasteiger partial charge in [-0.2, -0.15) is 0 Å². The fourth-order valence-electron chi connectivity index (χ4n) is 2.71. The summed E-state index contributed by atoms with van der Waals surface area (Å²) in [5.41, 5.74) is 2.97. The van der Waals surface area contributed by atoms with Gasteiger partial charge in [-0.15, -0.1) is 0 Å². The van der Waals surface area contributed by atoms with Gasteiger partial charge in [0.1, 0.15) is 11.3 Å². The first-order chi connectivity index (χ1) is 10.6. The number of imidazole rings is 1. The highest BCUT2D eigenvalue weighted by molar-refractivity contribution is 5.95. The summed E-state index contributed by atoms with van der Waals surface area (Å²) in [5, 5.41) is 0. The zero-order valence-electron chi connectivity index (χ0n) is 12.8. The lowest BCUT2D eigenvalue weighted by Gasteiger charge is -2.09. The first-order valence-corrected chi connectivity index (χ1v) is 7.18. The van der Waals surface area contributed by atoms with Crippen LogP contribution in [0, 0.1) is 6.92 Å². The van der Waals surface area contributed by atoms with E-state index in [1.165, 1.54) is 7.11 Å². The molecule has 22 heavy (non-hydrogen) atoms. The summed E-state index contributed by atoms with van der Waals surface area (Å²) in [5.74, 6) is 0.429. The minimum Gasteiger partial charge on any atom is -0.465 e. The molecular formula is C16H17N3O3. The van der Waals surface area contributed by atoms with Crippen LogP contribution in [0.25, 0.3) is 16.6 Å². The maximum atomic E-state index is 12.2. The molecular weight excluding hydrogens is 282 g/mol. The lowest BCUT2D eigenvalue weighted by molar-refractivity contribution is 0.0600. The summed E-state index contributed by atoms with van der Waals surface area (Å²) >= 11 is 0. The molecule has 2 aromatic heterocycles. The van der Waals surface area contributed by atoms with Gasteiger partial charge >= 0.3 is 5.97 Å². The fourth-order valence-corrected chi connectivity index (χ4v) is 2.71. The number of H-pyrrole nitrogens is 1. The summed E-state index contributed by atoms with van der Waals surface area (Å²) in [4.78, 5) is 31.2. The van der Waals surface area contributed by atoms with Crippen LogP contribution < -0.4 is 5.56 Å². The van der Waals surface area contributed by atoms with Gasteiger partial charge in [0.2, 0.25) is 0 Å². The van der Waals surface area contributed by atoms with Gasteiger partial charge in [-0.25, -0.2) is 9.78 Å². The van der Waals surface area contributed by atoms with Gasteiger partial charge in [-0.05, 0) is 31.0 Å². The van der Waals surface area contributed by atoms with Crippen molar-refractivity contribution >= 4 is 22.5 Å². The lowest BCUT2D eigenvalue weighted by Crippen LogP contribution is -2.13. The molecule has 3 rings (SSSR count). The van der Waals surface area contributed by atoms with E-state index in [1.54, 1.807) is 12.3 Å². The van der Waals surface area contributed by atoms with Crippen LogP contribution in [-0.4, -0.2) is 27.4 Å². The fraction of sp³-hybridized carbons (Fsp3) is 0.312. The molecule has 0 aliphatic carbocycles. The normalized spacial score (nSPS) is 11.2. The summed E-state index contributed by atoms with van der Waals surface area (Å²) < 4.78 is 6.65. The van der Waals surface area contributed by atoms with Crippen LogP contribution in [0.4, 0.5) is 0 Å².